The van der Waals surface area contributed by atoms with Gasteiger partial charge in [0.15, 0.2) is 0 Å². The number of rotatable bonds is 3. The van der Waals surface area contributed by atoms with Crippen molar-refractivity contribution >= 4 is 0 Å². The maximum Gasteiger partial charge on any atom is 0.144 e. The summed E-state index contributed by atoms with van der Waals surface area (Å²) in [6.07, 6.45) is 5.58. The van der Waals surface area contributed by atoms with Crippen molar-refractivity contribution in [3.05, 3.63) is 29.6 Å². The molecular weight excluding hydrogens is 210 g/mol. The first kappa shape index (κ1) is 12.1. The molecule has 1 fully saturated rings. The maximum atomic E-state index is 9.02. The van der Waals surface area contributed by atoms with Gasteiger partial charge >= 0.3 is 0 Å². The van der Waals surface area contributed by atoms with E-state index >= 15 is 0 Å². The molecule has 2 heterocycles. The Balaban J connectivity index is 2.03. The van der Waals surface area contributed by atoms with Gasteiger partial charge in [-0.1, -0.05) is 19.4 Å². The molecule has 0 aliphatic carbocycles. The third-order valence-corrected chi connectivity index (χ3v) is 3.57. The first-order chi connectivity index (χ1) is 8.33. The lowest BCUT2D eigenvalue weighted by Crippen LogP contribution is -2.34. The second-order valence-corrected chi connectivity index (χ2v) is 4.77. The normalized spacial score (nSPS) is 21.1. The molecule has 0 bridgehead atoms. The fourth-order valence-electron chi connectivity index (χ4n) is 2.54. The van der Waals surface area contributed by atoms with E-state index in [4.69, 9.17) is 5.26 Å². The fourth-order valence-corrected chi connectivity index (χ4v) is 2.54. The van der Waals surface area contributed by atoms with Crippen LogP contribution in [-0.4, -0.2) is 23.0 Å². The number of pyridine rings is 1. The van der Waals surface area contributed by atoms with Crippen LogP contribution in [-0.2, 0) is 6.54 Å². The quantitative estimate of drug-likeness (QED) is 0.799. The predicted molar refractivity (Wildman–Crippen MR) is 67.2 cm³/mol. The third-order valence-electron chi connectivity index (χ3n) is 3.57. The van der Waals surface area contributed by atoms with Crippen molar-refractivity contribution in [3.8, 4) is 6.07 Å². The zero-order chi connectivity index (χ0) is 12.1. The highest BCUT2D eigenvalue weighted by molar-refractivity contribution is 5.30. The second kappa shape index (κ2) is 5.79. The van der Waals surface area contributed by atoms with Crippen LogP contribution in [0.3, 0.4) is 0 Å². The van der Waals surface area contributed by atoms with E-state index in [1.165, 1.54) is 19.3 Å². The van der Waals surface area contributed by atoms with Crippen molar-refractivity contribution in [2.24, 2.45) is 5.92 Å². The Morgan fingerprint density at radius 3 is 3.24 bits per heavy atom. The highest BCUT2D eigenvalue weighted by atomic mass is 15.1. The SMILES string of the molecule is CCC1CCCN(Cc2cccnc2C#N)C1. The summed E-state index contributed by atoms with van der Waals surface area (Å²) in [6, 6.07) is 6.10. The third kappa shape index (κ3) is 3.04. The Labute approximate surface area is 103 Å². The zero-order valence-corrected chi connectivity index (χ0v) is 10.4. The molecule has 0 N–H and O–H groups in total. The Kier molecular flexibility index (Phi) is 4.11. The van der Waals surface area contributed by atoms with Crippen LogP contribution in [0.1, 0.15) is 37.4 Å². The molecule has 0 amide bonds. The van der Waals surface area contributed by atoms with Gasteiger partial charge in [-0.25, -0.2) is 4.98 Å². The van der Waals surface area contributed by atoms with Crippen LogP contribution in [0.4, 0.5) is 0 Å². The molecule has 0 aromatic carbocycles. The van der Waals surface area contributed by atoms with Crippen molar-refractivity contribution in [1.82, 2.24) is 9.88 Å². The summed E-state index contributed by atoms with van der Waals surface area (Å²) in [5.74, 6) is 0.825. The lowest BCUT2D eigenvalue weighted by atomic mass is 9.95. The standard InChI is InChI=1S/C14H19N3/c1-2-12-5-4-8-17(10-12)11-13-6-3-7-16-14(13)9-15/h3,6-7,12H,2,4-5,8,10-11H2,1H3. The minimum absolute atomic E-state index is 0.575. The molecule has 2 rings (SSSR count). The van der Waals surface area contributed by atoms with E-state index < -0.39 is 0 Å². The number of aromatic nitrogens is 1. The minimum atomic E-state index is 0.575. The molecule has 1 unspecified atom stereocenters. The molecule has 0 radical (unpaired) electrons. The largest absolute Gasteiger partial charge is 0.299 e. The van der Waals surface area contributed by atoms with Gasteiger partial charge in [-0.05, 0) is 31.4 Å². The van der Waals surface area contributed by atoms with E-state index in [9.17, 15) is 0 Å². The highest BCUT2D eigenvalue weighted by Crippen LogP contribution is 2.21. The van der Waals surface area contributed by atoms with Gasteiger partial charge in [-0.2, -0.15) is 5.26 Å². The fraction of sp³-hybridized carbons (Fsp3) is 0.571. The van der Waals surface area contributed by atoms with Gasteiger partial charge in [0.1, 0.15) is 11.8 Å². The van der Waals surface area contributed by atoms with Gasteiger partial charge in [0, 0.05) is 24.8 Å². The van der Waals surface area contributed by atoms with Gasteiger partial charge in [0.2, 0.25) is 0 Å². The Hall–Kier alpha value is -1.40. The van der Waals surface area contributed by atoms with E-state index in [-0.39, 0.29) is 0 Å². The number of likely N-dealkylation sites (tertiary alicyclic amines) is 1. The van der Waals surface area contributed by atoms with E-state index in [0.29, 0.717) is 5.69 Å². The van der Waals surface area contributed by atoms with E-state index in [2.05, 4.69) is 22.9 Å². The summed E-state index contributed by atoms with van der Waals surface area (Å²) in [5, 5.41) is 9.02. The summed E-state index contributed by atoms with van der Waals surface area (Å²) in [6.45, 7) is 5.44. The van der Waals surface area contributed by atoms with Crippen molar-refractivity contribution < 1.29 is 0 Å². The first-order valence-corrected chi connectivity index (χ1v) is 6.39. The number of piperidine rings is 1. The Morgan fingerprint density at radius 1 is 1.59 bits per heavy atom. The summed E-state index contributed by atoms with van der Waals surface area (Å²) in [5.41, 5.74) is 1.64. The molecular formula is C14H19N3. The van der Waals surface area contributed by atoms with Crippen molar-refractivity contribution in [2.75, 3.05) is 13.1 Å². The lowest BCUT2D eigenvalue weighted by molar-refractivity contribution is 0.164. The van der Waals surface area contributed by atoms with Gasteiger partial charge in [0.25, 0.3) is 0 Å². The van der Waals surface area contributed by atoms with Crippen molar-refractivity contribution in [3.63, 3.8) is 0 Å². The molecule has 3 heteroatoms. The second-order valence-electron chi connectivity index (χ2n) is 4.77. The molecule has 0 saturated carbocycles. The monoisotopic (exact) mass is 229 g/mol. The van der Waals surface area contributed by atoms with Gasteiger partial charge in [-0.15, -0.1) is 0 Å². The average molecular weight is 229 g/mol. The number of hydrogen-bond donors (Lipinski definition) is 0. The van der Waals surface area contributed by atoms with Crippen molar-refractivity contribution in [2.45, 2.75) is 32.7 Å². The van der Waals surface area contributed by atoms with Gasteiger partial charge < -0.3 is 0 Å². The topological polar surface area (TPSA) is 39.9 Å². The number of hydrogen-bond acceptors (Lipinski definition) is 3. The van der Waals surface area contributed by atoms with Gasteiger partial charge in [-0.3, -0.25) is 4.90 Å². The molecule has 1 saturated heterocycles. The predicted octanol–water partition coefficient (Wildman–Crippen LogP) is 2.58. The van der Waals surface area contributed by atoms with Gasteiger partial charge in [0.05, 0.1) is 0 Å². The molecule has 17 heavy (non-hydrogen) atoms. The summed E-state index contributed by atoms with van der Waals surface area (Å²) < 4.78 is 0. The smallest absolute Gasteiger partial charge is 0.144 e. The van der Waals surface area contributed by atoms with Crippen LogP contribution in [0.2, 0.25) is 0 Å². The van der Waals surface area contributed by atoms with E-state index in [1.54, 1.807) is 6.20 Å². The molecule has 90 valence electrons. The number of nitrogens with zero attached hydrogens (tertiary/aromatic N) is 3. The zero-order valence-electron chi connectivity index (χ0n) is 10.4. The maximum absolute atomic E-state index is 9.02. The van der Waals surface area contributed by atoms with Crippen LogP contribution >= 0.6 is 0 Å². The van der Waals surface area contributed by atoms with Crippen LogP contribution in [0.25, 0.3) is 0 Å². The van der Waals surface area contributed by atoms with Crippen LogP contribution in [0.5, 0.6) is 0 Å². The first-order valence-electron chi connectivity index (χ1n) is 6.39. The molecule has 3 nitrogen and oxygen atoms in total. The van der Waals surface area contributed by atoms with Crippen LogP contribution in [0.15, 0.2) is 18.3 Å². The summed E-state index contributed by atoms with van der Waals surface area (Å²) in [7, 11) is 0. The van der Waals surface area contributed by atoms with E-state index in [0.717, 1.165) is 31.1 Å². The highest BCUT2D eigenvalue weighted by Gasteiger charge is 2.19. The lowest BCUT2D eigenvalue weighted by Gasteiger charge is -2.32. The molecule has 1 aliphatic rings. The van der Waals surface area contributed by atoms with Crippen LogP contribution in [0, 0.1) is 17.2 Å². The molecule has 1 atom stereocenters. The molecule has 0 spiro atoms. The molecule has 1 aromatic heterocycles. The van der Waals surface area contributed by atoms with E-state index in [1.807, 2.05) is 12.1 Å². The van der Waals surface area contributed by atoms with Crippen molar-refractivity contribution in [1.29, 1.82) is 5.26 Å². The molecule has 1 aromatic rings. The number of nitriles is 1. The van der Waals surface area contributed by atoms with Crippen LogP contribution < -0.4 is 0 Å². The Bertz CT molecular complexity index is 408. The Morgan fingerprint density at radius 2 is 2.47 bits per heavy atom. The summed E-state index contributed by atoms with van der Waals surface area (Å²) in [4.78, 5) is 6.57. The average Bonchev–Trinajstić information content (AvgIpc) is 2.39. The molecule has 1 aliphatic heterocycles. The minimum Gasteiger partial charge on any atom is -0.299 e. The summed E-state index contributed by atoms with van der Waals surface area (Å²) >= 11 is 0.